The van der Waals surface area contributed by atoms with Crippen LogP contribution in [0.2, 0.25) is 0 Å². The summed E-state index contributed by atoms with van der Waals surface area (Å²) in [7, 11) is 0. The van der Waals surface area contributed by atoms with Gasteiger partial charge in [0.05, 0.1) is 0 Å². The maximum absolute atomic E-state index is 3.83. The summed E-state index contributed by atoms with van der Waals surface area (Å²) in [6.07, 6.45) is 5.00. The van der Waals surface area contributed by atoms with Crippen LogP contribution >= 0.6 is 0 Å². The number of benzene rings is 2. The first-order valence-electron chi connectivity index (χ1n) is 9.88. The Hall–Kier alpha value is -1.64. The molecule has 2 heteroatoms. The van der Waals surface area contributed by atoms with Crippen LogP contribution in [0, 0.1) is 5.92 Å². The van der Waals surface area contributed by atoms with E-state index < -0.39 is 0 Å². The van der Waals surface area contributed by atoms with E-state index in [4.69, 9.17) is 0 Å². The summed E-state index contributed by atoms with van der Waals surface area (Å²) in [6.45, 7) is 5.92. The average molecular weight is 335 g/mol. The SMILES string of the molecule is CC1CCN(Cc2ccccc2)C1CCNC1Cc2ccccc2C1. The lowest BCUT2D eigenvalue weighted by atomic mass is 9.99. The zero-order valence-corrected chi connectivity index (χ0v) is 15.3. The smallest absolute Gasteiger partial charge is 0.0236 e. The summed E-state index contributed by atoms with van der Waals surface area (Å²) < 4.78 is 0. The first-order chi connectivity index (χ1) is 12.3. The Labute approximate surface area is 152 Å². The minimum Gasteiger partial charge on any atom is -0.313 e. The van der Waals surface area contributed by atoms with Crippen molar-refractivity contribution in [3.8, 4) is 0 Å². The summed E-state index contributed by atoms with van der Waals surface area (Å²) in [4.78, 5) is 2.70. The first kappa shape index (κ1) is 16.8. The largest absolute Gasteiger partial charge is 0.313 e. The van der Waals surface area contributed by atoms with Crippen LogP contribution in [-0.2, 0) is 19.4 Å². The van der Waals surface area contributed by atoms with Crippen molar-refractivity contribution in [1.29, 1.82) is 0 Å². The van der Waals surface area contributed by atoms with Gasteiger partial charge < -0.3 is 5.32 Å². The monoisotopic (exact) mass is 334 g/mol. The van der Waals surface area contributed by atoms with Crippen LogP contribution in [0.5, 0.6) is 0 Å². The molecular formula is C23H30N2. The second kappa shape index (κ2) is 7.72. The van der Waals surface area contributed by atoms with E-state index in [0.717, 1.165) is 25.0 Å². The quantitative estimate of drug-likeness (QED) is 0.857. The van der Waals surface area contributed by atoms with E-state index in [9.17, 15) is 0 Å². The van der Waals surface area contributed by atoms with Crippen LogP contribution in [0.25, 0.3) is 0 Å². The van der Waals surface area contributed by atoms with Gasteiger partial charge in [-0.15, -0.1) is 0 Å². The highest BCUT2D eigenvalue weighted by Gasteiger charge is 2.31. The lowest BCUT2D eigenvalue weighted by Gasteiger charge is -2.27. The Kier molecular flexibility index (Phi) is 5.19. The predicted octanol–water partition coefficient (Wildman–Crippen LogP) is 4.04. The van der Waals surface area contributed by atoms with Gasteiger partial charge in [-0.3, -0.25) is 4.90 Å². The highest BCUT2D eigenvalue weighted by Crippen LogP contribution is 2.28. The predicted molar refractivity (Wildman–Crippen MR) is 105 cm³/mol. The topological polar surface area (TPSA) is 15.3 Å². The molecule has 1 fully saturated rings. The zero-order chi connectivity index (χ0) is 17.1. The first-order valence-corrected chi connectivity index (χ1v) is 9.88. The van der Waals surface area contributed by atoms with Crippen molar-refractivity contribution in [2.45, 2.75) is 51.2 Å². The number of hydrogen-bond acceptors (Lipinski definition) is 2. The molecule has 0 radical (unpaired) electrons. The third kappa shape index (κ3) is 3.96. The van der Waals surface area contributed by atoms with Gasteiger partial charge in [0.2, 0.25) is 0 Å². The van der Waals surface area contributed by atoms with Gasteiger partial charge in [-0.2, -0.15) is 0 Å². The number of fused-ring (bicyclic) bond motifs is 1. The fourth-order valence-corrected chi connectivity index (χ4v) is 4.71. The molecule has 0 spiro atoms. The molecule has 132 valence electrons. The van der Waals surface area contributed by atoms with Gasteiger partial charge >= 0.3 is 0 Å². The third-order valence-electron chi connectivity index (χ3n) is 6.15. The molecule has 1 saturated heterocycles. The Bertz CT molecular complexity index is 657. The van der Waals surface area contributed by atoms with Crippen molar-refractivity contribution in [3.63, 3.8) is 0 Å². The molecule has 1 heterocycles. The number of likely N-dealkylation sites (tertiary alicyclic amines) is 1. The summed E-state index contributed by atoms with van der Waals surface area (Å²) >= 11 is 0. The highest BCUT2D eigenvalue weighted by atomic mass is 15.2. The van der Waals surface area contributed by atoms with E-state index in [-0.39, 0.29) is 0 Å². The van der Waals surface area contributed by atoms with Gasteiger partial charge in [-0.1, -0.05) is 61.5 Å². The normalized spacial score (nSPS) is 23.9. The molecule has 2 nitrogen and oxygen atoms in total. The summed E-state index contributed by atoms with van der Waals surface area (Å²) in [5.41, 5.74) is 4.53. The molecule has 2 aromatic carbocycles. The minimum atomic E-state index is 0.636. The van der Waals surface area contributed by atoms with E-state index in [1.54, 1.807) is 11.1 Å². The summed E-state index contributed by atoms with van der Waals surface area (Å²) in [6, 6.07) is 21.2. The van der Waals surface area contributed by atoms with E-state index in [0.29, 0.717) is 6.04 Å². The van der Waals surface area contributed by atoms with Crippen molar-refractivity contribution in [1.82, 2.24) is 10.2 Å². The maximum Gasteiger partial charge on any atom is 0.0236 e. The zero-order valence-electron chi connectivity index (χ0n) is 15.3. The molecule has 0 aromatic heterocycles. The fraction of sp³-hybridized carbons (Fsp3) is 0.478. The number of nitrogens with zero attached hydrogens (tertiary/aromatic N) is 1. The van der Waals surface area contributed by atoms with Gasteiger partial charge in [-0.25, -0.2) is 0 Å². The molecule has 1 aliphatic carbocycles. The molecule has 25 heavy (non-hydrogen) atoms. The standard InChI is InChI=1S/C23H30N2/c1-18-12-14-25(17-19-7-3-2-4-8-19)23(18)11-13-24-22-15-20-9-5-6-10-21(20)16-22/h2-10,18,22-24H,11-17H2,1H3. The molecule has 2 atom stereocenters. The van der Waals surface area contributed by atoms with E-state index in [1.165, 1.54) is 37.8 Å². The van der Waals surface area contributed by atoms with Gasteiger partial charge in [0.15, 0.2) is 0 Å². The van der Waals surface area contributed by atoms with E-state index >= 15 is 0 Å². The van der Waals surface area contributed by atoms with Gasteiger partial charge in [0.1, 0.15) is 0 Å². The van der Waals surface area contributed by atoms with Crippen LogP contribution in [0.15, 0.2) is 54.6 Å². The maximum atomic E-state index is 3.83. The van der Waals surface area contributed by atoms with Crippen molar-refractivity contribution in [2.75, 3.05) is 13.1 Å². The molecule has 0 bridgehead atoms. The second-order valence-electron chi connectivity index (χ2n) is 7.91. The van der Waals surface area contributed by atoms with E-state index in [1.807, 2.05) is 0 Å². The van der Waals surface area contributed by atoms with Crippen molar-refractivity contribution in [2.24, 2.45) is 5.92 Å². The van der Waals surface area contributed by atoms with Crippen molar-refractivity contribution >= 4 is 0 Å². The molecule has 0 saturated carbocycles. The van der Waals surface area contributed by atoms with Gasteiger partial charge in [0, 0.05) is 18.6 Å². The van der Waals surface area contributed by atoms with Crippen LogP contribution in [0.1, 0.15) is 36.5 Å². The Morgan fingerprint density at radius 3 is 2.36 bits per heavy atom. The molecule has 2 aliphatic rings. The van der Waals surface area contributed by atoms with Crippen LogP contribution in [0.4, 0.5) is 0 Å². The highest BCUT2D eigenvalue weighted by molar-refractivity contribution is 5.33. The molecule has 1 N–H and O–H groups in total. The molecule has 2 unspecified atom stereocenters. The average Bonchev–Trinajstić information content (AvgIpc) is 3.20. The third-order valence-corrected chi connectivity index (χ3v) is 6.15. The summed E-state index contributed by atoms with van der Waals surface area (Å²) in [5, 5.41) is 3.83. The van der Waals surface area contributed by atoms with Crippen LogP contribution < -0.4 is 5.32 Å². The number of nitrogens with one attached hydrogen (secondary N) is 1. The Morgan fingerprint density at radius 1 is 0.960 bits per heavy atom. The molecule has 0 amide bonds. The van der Waals surface area contributed by atoms with Crippen molar-refractivity contribution in [3.05, 3.63) is 71.3 Å². The number of hydrogen-bond donors (Lipinski definition) is 1. The summed E-state index contributed by atoms with van der Waals surface area (Å²) in [5.74, 6) is 0.811. The molecular weight excluding hydrogens is 304 g/mol. The molecule has 4 rings (SSSR count). The van der Waals surface area contributed by atoms with E-state index in [2.05, 4.69) is 71.7 Å². The lowest BCUT2D eigenvalue weighted by Crippen LogP contribution is -2.37. The Morgan fingerprint density at radius 2 is 1.64 bits per heavy atom. The van der Waals surface area contributed by atoms with Crippen LogP contribution in [-0.4, -0.2) is 30.1 Å². The molecule has 2 aromatic rings. The second-order valence-corrected chi connectivity index (χ2v) is 7.91. The number of rotatable bonds is 6. The fourth-order valence-electron chi connectivity index (χ4n) is 4.71. The Balaban J connectivity index is 1.28. The van der Waals surface area contributed by atoms with Gasteiger partial charge in [0.25, 0.3) is 0 Å². The van der Waals surface area contributed by atoms with Crippen molar-refractivity contribution < 1.29 is 0 Å². The minimum absolute atomic E-state index is 0.636. The van der Waals surface area contributed by atoms with Gasteiger partial charge in [-0.05, 0) is 61.4 Å². The van der Waals surface area contributed by atoms with Crippen LogP contribution in [0.3, 0.4) is 0 Å². The molecule has 1 aliphatic heterocycles. The lowest BCUT2D eigenvalue weighted by molar-refractivity contribution is 0.209.